The van der Waals surface area contributed by atoms with Gasteiger partial charge in [-0.05, 0) is 26.0 Å². The summed E-state index contributed by atoms with van der Waals surface area (Å²) >= 11 is 0. The number of para-hydroxylation sites is 1. The molecule has 0 radical (unpaired) electrons. The van der Waals surface area contributed by atoms with Gasteiger partial charge in [0.25, 0.3) is 0 Å². The van der Waals surface area contributed by atoms with Crippen LogP contribution < -0.4 is 10.2 Å². The zero-order valence-corrected chi connectivity index (χ0v) is 12.2. The average molecular weight is 278 g/mol. The van der Waals surface area contributed by atoms with E-state index in [0.29, 0.717) is 13.1 Å². The molecule has 0 saturated carbocycles. The normalized spacial score (nSPS) is 10.9. The largest absolute Gasteiger partial charge is 0.481 e. The Labute approximate surface area is 119 Å². The molecule has 0 bridgehead atoms. The third kappa shape index (κ3) is 4.91. The molecule has 0 saturated heterocycles. The summed E-state index contributed by atoms with van der Waals surface area (Å²) in [5.41, 5.74) is 0.0442. The SMILES string of the molecule is CN(CCNC(=O)CC(C)(C)C(=O)O)c1ccccc1. The Morgan fingerprint density at radius 1 is 1.25 bits per heavy atom. The molecule has 0 aliphatic heterocycles. The number of anilines is 1. The molecule has 0 aliphatic rings. The quantitative estimate of drug-likeness (QED) is 0.797. The summed E-state index contributed by atoms with van der Waals surface area (Å²) in [5, 5.41) is 11.7. The van der Waals surface area contributed by atoms with Gasteiger partial charge in [0.15, 0.2) is 0 Å². The Hall–Kier alpha value is -2.04. The number of carboxylic acids is 1. The minimum absolute atomic E-state index is 0.0165. The third-order valence-electron chi connectivity index (χ3n) is 3.15. The van der Waals surface area contributed by atoms with E-state index in [1.807, 2.05) is 42.3 Å². The van der Waals surface area contributed by atoms with Gasteiger partial charge in [-0.2, -0.15) is 0 Å². The second kappa shape index (κ2) is 6.93. The third-order valence-corrected chi connectivity index (χ3v) is 3.15. The van der Waals surface area contributed by atoms with Crippen LogP contribution in [0.1, 0.15) is 20.3 Å². The Morgan fingerprint density at radius 3 is 2.40 bits per heavy atom. The highest BCUT2D eigenvalue weighted by Gasteiger charge is 2.29. The zero-order valence-electron chi connectivity index (χ0n) is 12.2. The van der Waals surface area contributed by atoms with Gasteiger partial charge >= 0.3 is 5.97 Å². The van der Waals surface area contributed by atoms with E-state index in [0.717, 1.165) is 5.69 Å². The maximum absolute atomic E-state index is 11.7. The maximum Gasteiger partial charge on any atom is 0.309 e. The number of amides is 1. The first-order chi connectivity index (χ1) is 9.33. The minimum atomic E-state index is -1.03. The van der Waals surface area contributed by atoms with Crippen LogP contribution in [0.5, 0.6) is 0 Å². The van der Waals surface area contributed by atoms with Crippen molar-refractivity contribution in [1.29, 1.82) is 0 Å². The summed E-state index contributed by atoms with van der Waals surface area (Å²) < 4.78 is 0. The van der Waals surface area contributed by atoms with Crippen molar-refractivity contribution >= 4 is 17.6 Å². The molecule has 5 nitrogen and oxygen atoms in total. The molecule has 1 aromatic carbocycles. The van der Waals surface area contributed by atoms with Crippen molar-refractivity contribution in [2.45, 2.75) is 20.3 Å². The molecule has 1 amide bonds. The van der Waals surface area contributed by atoms with E-state index in [4.69, 9.17) is 5.11 Å². The number of carbonyl (C=O) groups excluding carboxylic acids is 1. The summed E-state index contributed by atoms with van der Waals surface area (Å²) in [4.78, 5) is 24.7. The average Bonchev–Trinajstić information content (AvgIpc) is 2.38. The molecule has 0 aliphatic carbocycles. The van der Waals surface area contributed by atoms with E-state index >= 15 is 0 Å². The van der Waals surface area contributed by atoms with E-state index in [2.05, 4.69) is 5.32 Å². The summed E-state index contributed by atoms with van der Waals surface area (Å²) in [6.07, 6.45) is -0.0165. The number of carboxylic acid groups (broad SMARTS) is 1. The predicted octanol–water partition coefficient (Wildman–Crippen LogP) is 1.74. The lowest BCUT2D eigenvalue weighted by Crippen LogP contribution is -2.37. The van der Waals surface area contributed by atoms with Crippen LogP contribution in [-0.4, -0.2) is 37.1 Å². The van der Waals surface area contributed by atoms with E-state index in [1.54, 1.807) is 13.8 Å². The van der Waals surface area contributed by atoms with Gasteiger partial charge in [0, 0.05) is 32.2 Å². The fourth-order valence-electron chi connectivity index (χ4n) is 1.71. The highest BCUT2D eigenvalue weighted by molar-refractivity contribution is 5.84. The molecular formula is C15H22N2O3. The van der Waals surface area contributed by atoms with Crippen LogP contribution in [0.2, 0.25) is 0 Å². The van der Waals surface area contributed by atoms with Crippen LogP contribution in [0.15, 0.2) is 30.3 Å². The molecule has 0 spiro atoms. The Balaban J connectivity index is 2.34. The van der Waals surface area contributed by atoms with Crippen molar-refractivity contribution in [3.8, 4) is 0 Å². The number of carbonyl (C=O) groups is 2. The van der Waals surface area contributed by atoms with Gasteiger partial charge in [0.05, 0.1) is 5.41 Å². The van der Waals surface area contributed by atoms with Gasteiger partial charge < -0.3 is 15.3 Å². The van der Waals surface area contributed by atoms with Crippen molar-refractivity contribution in [2.24, 2.45) is 5.41 Å². The summed E-state index contributed by atoms with van der Waals surface area (Å²) in [5.74, 6) is -1.20. The number of likely N-dealkylation sites (N-methyl/N-ethyl adjacent to an activating group) is 1. The van der Waals surface area contributed by atoms with E-state index < -0.39 is 11.4 Å². The zero-order chi connectivity index (χ0) is 15.2. The van der Waals surface area contributed by atoms with Crippen molar-refractivity contribution in [3.63, 3.8) is 0 Å². The first-order valence-electron chi connectivity index (χ1n) is 6.59. The lowest BCUT2D eigenvalue weighted by Gasteiger charge is -2.21. The van der Waals surface area contributed by atoms with Crippen LogP contribution in [0.3, 0.4) is 0 Å². The Kier molecular flexibility index (Phi) is 5.55. The molecule has 1 rings (SSSR count). The van der Waals surface area contributed by atoms with Crippen LogP contribution in [-0.2, 0) is 9.59 Å². The number of rotatable bonds is 7. The summed E-state index contributed by atoms with van der Waals surface area (Å²) in [6, 6.07) is 9.86. The number of benzene rings is 1. The van der Waals surface area contributed by atoms with Crippen LogP contribution in [0, 0.1) is 5.41 Å². The number of hydrogen-bond acceptors (Lipinski definition) is 3. The van der Waals surface area contributed by atoms with Crippen molar-refractivity contribution < 1.29 is 14.7 Å². The first kappa shape index (κ1) is 16.0. The van der Waals surface area contributed by atoms with E-state index in [9.17, 15) is 9.59 Å². The molecule has 20 heavy (non-hydrogen) atoms. The molecule has 0 atom stereocenters. The molecule has 0 fully saturated rings. The summed E-state index contributed by atoms with van der Waals surface area (Å²) in [7, 11) is 1.95. The monoisotopic (exact) mass is 278 g/mol. The Morgan fingerprint density at radius 2 is 1.85 bits per heavy atom. The number of nitrogens with one attached hydrogen (secondary N) is 1. The molecule has 0 heterocycles. The van der Waals surface area contributed by atoms with Crippen molar-refractivity contribution in [2.75, 3.05) is 25.0 Å². The van der Waals surface area contributed by atoms with Crippen LogP contribution >= 0.6 is 0 Å². The minimum Gasteiger partial charge on any atom is -0.481 e. The van der Waals surface area contributed by atoms with Gasteiger partial charge in [-0.3, -0.25) is 9.59 Å². The predicted molar refractivity (Wildman–Crippen MR) is 78.8 cm³/mol. The highest BCUT2D eigenvalue weighted by atomic mass is 16.4. The van der Waals surface area contributed by atoms with Crippen molar-refractivity contribution in [1.82, 2.24) is 5.32 Å². The second-order valence-corrected chi connectivity index (χ2v) is 5.47. The van der Waals surface area contributed by atoms with E-state index in [1.165, 1.54) is 0 Å². The number of hydrogen-bond donors (Lipinski definition) is 2. The van der Waals surface area contributed by atoms with Crippen molar-refractivity contribution in [3.05, 3.63) is 30.3 Å². The van der Waals surface area contributed by atoms with Gasteiger partial charge in [-0.25, -0.2) is 0 Å². The fourth-order valence-corrected chi connectivity index (χ4v) is 1.71. The van der Waals surface area contributed by atoms with E-state index in [-0.39, 0.29) is 12.3 Å². The molecular weight excluding hydrogens is 256 g/mol. The van der Waals surface area contributed by atoms with Crippen LogP contribution in [0.4, 0.5) is 5.69 Å². The Bertz CT molecular complexity index is 457. The molecule has 1 aromatic rings. The molecule has 0 unspecified atom stereocenters. The summed E-state index contributed by atoms with van der Waals surface area (Å²) in [6.45, 7) is 4.25. The lowest BCUT2D eigenvalue weighted by atomic mass is 9.89. The van der Waals surface area contributed by atoms with Crippen LogP contribution in [0.25, 0.3) is 0 Å². The lowest BCUT2D eigenvalue weighted by molar-refractivity contribution is -0.149. The second-order valence-electron chi connectivity index (χ2n) is 5.47. The van der Waals surface area contributed by atoms with Gasteiger partial charge in [-0.1, -0.05) is 18.2 Å². The fraction of sp³-hybridized carbons (Fsp3) is 0.467. The highest BCUT2D eigenvalue weighted by Crippen LogP contribution is 2.19. The standard InChI is InChI=1S/C15H22N2O3/c1-15(2,14(19)20)11-13(18)16-9-10-17(3)12-7-5-4-6-8-12/h4-8H,9-11H2,1-3H3,(H,16,18)(H,19,20). The maximum atomic E-state index is 11.7. The van der Waals surface area contributed by atoms with Gasteiger partial charge in [0.2, 0.25) is 5.91 Å². The van der Waals surface area contributed by atoms with Gasteiger partial charge in [0.1, 0.15) is 0 Å². The van der Waals surface area contributed by atoms with Gasteiger partial charge in [-0.15, -0.1) is 0 Å². The first-order valence-corrected chi connectivity index (χ1v) is 6.59. The molecule has 0 aromatic heterocycles. The smallest absolute Gasteiger partial charge is 0.309 e. The number of aliphatic carboxylic acids is 1. The molecule has 2 N–H and O–H groups in total. The number of nitrogens with zero attached hydrogens (tertiary/aromatic N) is 1. The molecule has 5 heteroatoms. The molecule has 110 valence electrons. The topological polar surface area (TPSA) is 69.6 Å².